The van der Waals surface area contributed by atoms with Crippen LogP contribution in [-0.4, -0.2) is 17.6 Å². The molecule has 0 unspecified atom stereocenters. The number of nitrogens with zero attached hydrogens (tertiary/aromatic N) is 2. The Kier molecular flexibility index (Phi) is 4.51. The van der Waals surface area contributed by atoms with E-state index in [4.69, 9.17) is 10.5 Å². The van der Waals surface area contributed by atoms with Crippen LogP contribution in [0, 0.1) is 25.2 Å². The van der Waals surface area contributed by atoms with Crippen LogP contribution in [0.5, 0.6) is 0 Å². The first-order chi connectivity index (χ1) is 12.5. The van der Waals surface area contributed by atoms with Crippen LogP contribution >= 0.6 is 0 Å². The molecule has 0 fully saturated rings. The molecule has 130 valence electrons. The molecule has 26 heavy (non-hydrogen) atoms. The molecule has 1 aromatic heterocycles. The zero-order chi connectivity index (χ0) is 18.8. The number of aryl methyl sites for hydroxylation is 2. The summed E-state index contributed by atoms with van der Waals surface area (Å²) in [4.78, 5) is 12.1. The van der Waals surface area contributed by atoms with Gasteiger partial charge in [0, 0.05) is 11.9 Å². The average Bonchev–Trinajstić information content (AvgIpc) is 3.00. The first kappa shape index (κ1) is 17.3. The average molecular weight is 345 g/mol. The molecule has 5 heteroatoms. The van der Waals surface area contributed by atoms with Gasteiger partial charge in [-0.25, -0.2) is 4.79 Å². The summed E-state index contributed by atoms with van der Waals surface area (Å²) >= 11 is 0. The minimum absolute atomic E-state index is 0.123. The van der Waals surface area contributed by atoms with Gasteiger partial charge in [0.1, 0.15) is 6.07 Å². The monoisotopic (exact) mass is 345 g/mol. The van der Waals surface area contributed by atoms with Gasteiger partial charge in [0.25, 0.3) is 0 Å². The smallest absolute Gasteiger partial charge is 0.357 e. The number of esters is 1. The van der Waals surface area contributed by atoms with Gasteiger partial charge < -0.3 is 15.0 Å². The van der Waals surface area contributed by atoms with Crippen LogP contribution in [0.3, 0.4) is 0 Å². The number of carbonyl (C=O) groups excluding carboxylic acids is 1. The van der Waals surface area contributed by atoms with E-state index in [1.165, 1.54) is 18.2 Å². The van der Waals surface area contributed by atoms with Crippen molar-refractivity contribution in [2.45, 2.75) is 13.8 Å². The van der Waals surface area contributed by atoms with Crippen molar-refractivity contribution in [2.75, 3.05) is 12.8 Å². The Morgan fingerprint density at radius 3 is 2.31 bits per heavy atom. The summed E-state index contributed by atoms with van der Waals surface area (Å²) in [6, 6.07) is 16.0. The van der Waals surface area contributed by atoms with Crippen molar-refractivity contribution in [1.29, 1.82) is 5.26 Å². The normalized spacial score (nSPS) is 10.4. The molecule has 0 radical (unpaired) electrons. The summed E-state index contributed by atoms with van der Waals surface area (Å²) in [5.41, 5.74) is 11.9. The lowest BCUT2D eigenvalue weighted by Gasteiger charge is -2.10. The minimum Gasteiger partial charge on any atom is -0.464 e. The molecular formula is C21H19N3O2. The van der Waals surface area contributed by atoms with E-state index in [1.54, 1.807) is 10.8 Å². The summed E-state index contributed by atoms with van der Waals surface area (Å²) in [7, 11) is 1.29. The molecular weight excluding hydrogens is 326 g/mol. The van der Waals surface area contributed by atoms with E-state index in [-0.39, 0.29) is 16.9 Å². The maximum atomic E-state index is 12.1. The molecule has 2 N–H and O–H groups in total. The predicted molar refractivity (Wildman–Crippen MR) is 101 cm³/mol. The van der Waals surface area contributed by atoms with Crippen LogP contribution in [0.15, 0.2) is 48.7 Å². The second kappa shape index (κ2) is 6.77. The molecule has 1 heterocycles. The summed E-state index contributed by atoms with van der Waals surface area (Å²) < 4.78 is 6.39. The van der Waals surface area contributed by atoms with Gasteiger partial charge in [0.05, 0.1) is 18.4 Å². The highest BCUT2D eigenvalue weighted by molar-refractivity contribution is 5.96. The molecule has 0 amide bonds. The number of benzene rings is 2. The number of ether oxygens (including phenoxy) is 1. The molecule has 3 aromatic rings. The van der Waals surface area contributed by atoms with Gasteiger partial charge in [-0.1, -0.05) is 30.3 Å². The van der Waals surface area contributed by atoms with Crippen molar-refractivity contribution in [3.63, 3.8) is 0 Å². The Hall–Kier alpha value is -3.52. The lowest BCUT2D eigenvalue weighted by molar-refractivity contribution is 0.0593. The zero-order valence-corrected chi connectivity index (χ0v) is 14.9. The molecule has 0 aliphatic heterocycles. The molecule has 0 spiro atoms. The van der Waals surface area contributed by atoms with Gasteiger partial charge in [0.15, 0.2) is 5.69 Å². The molecule has 0 atom stereocenters. The Morgan fingerprint density at radius 1 is 1.08 bits per heavy atom. The fourth-order valence-electron chi connectivity index (χ4n) is 2.85. The SMILES string of the molecule is COC(=O)c1c(N)c(C#N)cn1-c1ccc(-c2ccc(C)c(C)c2)cc1. The van der Waals surface area contributed by atoms with E-state index in [0.29, 0.717) is 0 Å². The third-order valence-electron chi connectivity index (χ3n) is 4.53. The molecule has 0 saturated heterocycles. The second-order valence-electron chi connectivity index (χ2n) is 6.12. The molecule has 5 nitrogen and oxygen atoms in total. The van der Waals surface area contributed by atoms with Crippen molar-refractivity contribution in [1.82, 2.24) is 4.57 Å². The topological polar surface area (TPSA) is 81.0 Å². The quantitative estimate of drug-likeness (QED) is 0.728. The van der Waals surface area contributed by atoms with Crippen LogP contribution < -0.4 is 5.73 Å². The largest absolute Gasteiger partial charge is 0.464 e. The van der Waals surface area contributed by atoms with Crippen molar-refractivity contribution in [3.05, 3.63) is 71.0 Å². The number of hydrogen-bond donors (Lipinski definition) is 1. The number of nitrogen functional groups attached to an aromatic ring is 1. The van der Waals surface area contributed by atoms with Crippen LogP contribution in [0.1, 0.15) is 27.2 Å². The first-order valence-corrected chi connectivity index (χ1v) is 8.13. The third-order valence-corrected chi connectivity index (χ3v) is 4.53. The van der Waals surface area contributed by atoms with Crippen molar-refractivity contribution >= 4 is 11.7 Å². The van der Waals surface area contributed by atoms with E-state index < -0.39 is 5.97 Å². The van der Waals surface area contributed by atoms with Crippen LogP contribution in [0.2, 0.25) is 0 Å². The van der Waals surface area contributed by atoms with Gasteiger partial charge in [-0.05, 0) is 48.2 Å². The van der Waals surface area contributed by atoms with E-state index >= 15 is 0 Å². The van der Waals surface area contributed by atoms with Gasteiger partial charge in [-0.3, -0.25) is 0 Å². The van der Waals surface area contributed by atoms with E-state index in [0.717, 1.165) is 16.8 Å². The number of nitriles is 1. The van der Waals surface area contributed by atoms with Crippen molar-refractivity contribution < 1.29 is 9.53 Å². The number of anilines is 1. The summed E-state index contributed by atoms with van der Waals surface area (Å²) in [5.74, 6) is -0.581. The fraction of sp³-hybridized carbons (Fsp3) is 0.143. The Morgan fingerprint density at radius 2 is 1.73 bits per heavy atom. The standard InChI is InChI=1S/C21H19N3O2/c1-13-4-5-16(10-14(13)2)15-6-8-18(9-7-15)24-12-17(11-22)19(23)20(24)21(25)26-3/h4-10,12H,23H2,1-3H3. The fourth-order valence-corrected chi connectivity index (χ4v) is 2.85. The highest BCUT2D eigenvalue weighted by Gasteiger charge is 2.21. The van der Waals surface area contributed by atoms with Crippen LogP contribution in [0.4, 0.5) is 5.69 Å². The molecule has 0 aliphatic carbocycles. The summed E-state index contributed by atoms with van der Waals surface area (Å²) in [6.45, 7) is 4.17. The second-order valence-corrected chi connectivity index (χ2v) is 6.12. The molecule has 0 saturated carbocycles. The molecule has 0 bridgehead atoms. The van der Waals surface area contributed by atoms with E-state index in [1.807, 2.05) is 30.3 Å². The highest BCUT2D eigenvalue weighted by atomic mass is 16.5. The number of hydrogen-bond acceptors (Lipinski definition) is 4. The molecule has 3 rings (SSSR count). The zero-order valence-electron chi connectivity index (χ0n) is 14.9. The van der Waals surface area contributed by atoms with Gasteiger partial charge in [0.2, 0.25) is 0 Å². The van der Waals surface area contributed by atoms with Crippen LogP contribution in [-0.2, 0) is 4.74 Å². The van der Waals surface area contributed by atoms with Crippen molar-refractivity contribution in [2.24, 2.45) is 0 Å². The lowest BCUT2D eigenvalue weighted by atomic mass is 10.0. The highest BCUT2D eigenvalue weighted by Crippen LogP contribution is 2.27. The maximum absolute atomic E-state index is 12.1. The number of aromatic nitrogens is 1. The van der Waals surface area contributed by atoms with E-state index in [2.05, 4.69) is 32.0 Å². The van der Waals surface area contributed by atoms with E-state index in [9.17, 15) is 10.1 Å². The number of carbonyl (C=O) groups is 1. The lowest BCUT2D eigenvalue weighted by Crippen LogP contribution is -2.11. The Bertz CT molecular complexity index is 1020. The molecule has 2 aromatic carbocycles. The summed E-state index contributed by atoms with van der Waals surface area (Å²) in [6.07, 6.45) is 1.55. The van der Waals surface area contributed by atoms with Gasteiger partial charge >= 0.3 is 5.97 Å². The number of nitrogens with two attached hydrogens (primary N) is 1. The molecule has 0 aliphatic rings. The predicted octanol–water partition coefficient (Wildman–Crippen LogP) is 4.00. The number of rotatable bonds is 3. The van der Waals surface area contributed by atoms with Crippen molar-refractivity contribution in [3.8, 4) is 22.9 Å². The Balaban J connectivity index is 2.05. The van der Waals surface area contributed by atoms with Gasteiger partial charge in [-0.2, -0.15) is 5.26 Å². The Labute approximate surface area is 152 Å². The maximum Gasteiger partial charge on any atom is 0.357 e. The number of methoxy groups -OCH3 is 1. The minimum atomic E-state index is -0.581. The third kappa shape index (κ3) is 2.93. The van der Waals surface area contributed by atoms with Crippen LogP contribution in [0.25, 0.3) is 16.8 Å². The summed E-state index contributed by atoms with van der Waals surface area (Å²) in [5, 5.41) is 9.20. The van der Waals surface area contributed by atoms with Gasteiger partial charge in [-0.15, -0.1) is 0 Å². The first-order valence-electron chi connectivity index (χ1n) is 8.13.